The molecule has 1 saturated carbocycles. The largest absolute Gasteiger partial charge is 0.0925 e. The van der Waals surface area contributed by atoms with Gasteiger partial charge in [-0.15, -0.1) is 0 Å². The lowest BCUT2D eigenvalue weighted by Gasteiger charge is -2.29. The third-order valence-corrected chi connectivity index (χ3v) is 3.17. The molecule has 1 atom stereocenters. The number of halogens is 1. The van der Waals surface area contributed by atoms with E-state index >= 15 is 0 Å². The van der Waals surface area contributed by atoms with Gasteiger partial charge in [0.05, 0.1) is 0 Å². The van der Waals surface area contributed by atoms with Crippen LogP contribution in [0.1, 0.15) is 33.6 Å². The molecule has 0 amide bonds. The highest BCUT2D eigenvalue weighted by Crippen LogP contribution is 2.46. The van der Waals surface area contributed by atoms with Crippen LogP contribution in [0.25, 0.3) is 0 Å². The first-order chi connectivity index (χ1) is 4.55. The van der Waals surface area contributed by atoms with Crippen LogP contribution in [0.2, 0.25) is 0 Å². The molecule has 10 heavy (non-hydrogen) atoms. The van der Waals surface area contributed by atoms with E-state index in [0.29, 0.717) is 5.41 Å². The molecule has 0 radical (unpaired) electrons. The summed E-state index contributed by atoms with van der Waals surface area (Å²) in [6.07, 6.45) is 2.93. The molecule has 0 aromatic rings. The topological polar surface area (TPSA) is 0 Å². The molecule has 0 nitrogen and oxygen atoms in total. The summed E-state index contributed by atoms with van der Waals surface area (Å²) in [6, 6.07) is 0. The van der Waals surface area contributed by atoms with Crippen molar-refractivity contribution < 1.29 is 0 Å². The Bertz CT molecular complexity index is 108. The predicted octanol–water partition coefficient (Wildman–Crippen LogP) is 3.45. The lowest BCUT2D eigenvalue weighted by Crippen LogP contribution is -2.23. The Balaban J connectivity index is 2.46. The van der Waals surface area contributed by atoms with Crippen LogP contribution >= 0.6 is 15.9 Å². The molecule has 0 saturated heterocycles. The van der Waals surface area contributed by atoms with Gasteiger partial charge in [-0.05, 0) is 30.1 Å². The van der Waals surface area contributed by atoms with Gasteiger partial charge in [-0.1, -0.05) is 36.7 Å². The number of rotatable bonds is 2. The monoisotopic (exact) mass is 204 g/mol. The Morgan fingerprint density at radius 2 is 1.90 bits per heavy atom. The van der Waals surface area contributed by atoms with Gasteiger partial charge in [-0.25, -0.2) is 0 Å². The minimum absolute atomic E-state index is 0.505. The fraction of sp³-hybridized carbons (Fsp3) is 1.00. The summed E-state index contributed by atoms with van der Waals surface area (Å²) in [7, 11) is 0. The Morgan fingerprint density at radius 1 is 1.40 bits per heavy atom. The number of hydrogen-bond donors (Lipinski definition) is 0. The Kier molecular flexibility index (Phi) is 2.44. The van der Waals surface area contributed by atoms with Crippen LogP contribution < -0.4 is 0 Å². The van der Waals surface area contributed by atoms with Crippen LogP contribution in [0.15, 0.2) is 0 Å². The molecule has 1 aliphatic rings. The van der Waals surface area contributed by atoms with Gasteiger partial charge in [0.1, 0.15) is 0 Å². The van der Waals surface area contributed by atoms with Gasteiger partial charge in [-0.3, -0.25) is 0 Å². The molecule has 0 spiro atoms. The summed E-state index contributed by atoms with van der Waals surface area (Å²) in [6.45, 7) is 7.03. The van der Waals surface area contributed by atoms with Crippen molar-refractivity contribution in [3.63, 3.8) is 0 Å². The highest BCUT2D eigenvalue weighted by molar-refractivity contribution is 9.09. The smallest absolute Gasteiger partial charge is 0.00673 e. The highest BCUT2D eigenvalue weighted by atomic mass is 79.9. The average molecular weight is 205 g/mol. The molecule has 1 aliphatic carbocycles. The quantitative estimate of drug-likeness (QED) is 0.605. The van der Waals surface area contributed by atoms with Crippen LogP contribution in [0.4, 0.5) is 0 Å². The first-order valence-corrected chi connectivity index (χ1v) is 5.24. The second-order valence-electron chi connectivity index (χ2n) is 4.46. The van der Waals surface area contributed by atoms with Crippen molar-refractivity contribution in [2.75, 3.05) is 5.33 Å². The molecule has 1 fully saturated rings. The van der Waals surface area contributed by atoms with E-state index in [0.717, 1.165) is 11.8 Å². The van der Waals surface area contributed by atoms with Crippen molar-refractivity contribution in [2.24, 2.45) is 17.3 Å². The van der Waals surface area contributed by atoms with Crippen LogP contribution in [0, 0.1) is 17.3 Å². The van der Waals surface area contributed by atoms with Crippen molar-refractivity contribution >= 4 is 15.9 Å². The molecular formula is C9H17Br. The third-order valence-electron chi connectivity index (χ3n) is 2.47. The molecule has 1 unspecified atom stereocenters. The minimum Gasteiger partial charge on any atom is -0.0925 e. The summed E-state index contributed by atoms with van der Waals surface area (Å²) in [5.41, 5.74) is 0.505. The maximum Gasteiger partial charge on any atom is 0.00673 e. The van der Waals surface area contributed by atoms with Crippen molar-refractivity contribution in [1.29, 1.82) is 0 Å². The molecule has 0 heterocycles. The molecule has 1 rings (SSSR count). The van der Waals surface area contributed by atoms with Crippen LogP contribution in [0.3, 0.4) is 0 Å². The molecule has 1 heteroatoms. The van der Waals surface area contributed by atoms with Gasteiger partial charge >= 0.3 is 0 Å². The first kappa shape index (κ1) is 8.58. The zero-order valence-corrected chi connectivity index (χ0v) is 8.74. The standard InChI is InChI=1S/C9H17Br/c1-9(2,3)8(6-10)7-4-5-7/h7-8H,4-6H2,1-3H3. The van der Waals surface area contributed by atoms with E-state index < -0.39 is 0 Å². The maximum atomic E-state index is 3.59. The highest BCUT2D eigenvalue weighted by Gasteiger charge is 2.37. The Morgan fingerprint density at radius 3 is 2.00 bits per heavy atom. The van der Waals surface area contributed by atoms with Crippen molar-refractivity contribution in [3.05, 3.63) is 0 Å². The zero-order valence-electron chi connectivity index (χ0n) is 7.15. The number of hydrogen-bond acceptors (Lipinski definition) is 0. The SMILES string of the molecule is CC(C)(C)C(CBr)C1CC1. The van der Waals surface area contributed by atoms with Gasteiger partial charge < -0.3 is 0 Å². The van der Waals surface area contributed by atoms with Crippen LogP contribution in [0.5, 0.6) is 0 Å². The van der Waals surface area contributed by atoms with Crippen molar-refractivity contribution in [3.8, 4) is 0 Å². The van der Waals surface area contributed by atoms with Gasteiger partial charge in [0.25, 0.3) is 0 Å². The minimum atomic E-state index is 0.505. The third kappa shape index (κ3) is 1.98. The molecule has 0 N–H and O–H groups in total. The molecule has 60 valence electrons. The Hall–Kier alpha value is 0.480. The molecule has 0 bridgehead atoms. The van der Waals surface area contributed by atoms with Gasteiger partial charge in [0.15, 0.2) is 0 Å². The average Bonchev–Trinajstić information content (AvgIpc) is 2.46. The van der Waals surface area contributed by atoms with E-state index in [9.17, 15) is 0 Å². The normalized spacial score (nSPS) is 22.8. The fourth-order valence-corrected chi connectivity index (χ4v) is 3.06. The molecule has 0 aromatic heterocycles. The summed E-state index contributed by atoms with van der Waals surface area (Å²) in [5, 5.41) is 1.18. The van der Waals surface area contributed by atoms with E-state index in [1.165, 1.54) is 18.2 Å². The van der Waals surface area contributed by atoms with E-state index in [-0.39, 0.29) is 0 Å². The van der Waals surface area contributed by atoms with E-state index in [4.69, 9.17) is 0 Å². The van der Waals surface area contributed by atoms with Gasteiger partial charge in [-0.2, -0.15) is 0 Å². The molecule has 0 aromatic carbocycles. The summed E-state index contributed by atoms with van der Waals surface area (Å²) in [4.78, 5) is 0. The summed E-state index contributed by atoms with van der Waals surface area (Å²) < 4.78 is 0. The van der Waals surface area contributed by atoms with E-state index in [2.05, 4.69) is 36.7 Å². The summed E-state index contributed by atoms with van der Waals surface area (Å²) >= 11 is 3.59. The number of alkyl halides is 1. The molecule has 0 aliphatic heterocycles. The van der Waals surface area contributed by atoms with Crippen LogP contribution in [-0.2, 0) is 0 Å². The summed E-state index contributed by atoms with van der Waals surface area (Å²) in [5.74, 6) is 1.92. The van der Waals surface area contributed by atoms with Crippen LogP contribution in [-0.4, -0.2) is 5.33 Å². The van der Waals surface area contributed by atoms with Gasteiger partial charge in [0.2, 0.25) is 0 Å². The Labute approximate surface area is 72.5 Å². The second-order valence-corrected chi connectivity index (χ2v) is 5.11. The van der Waals surface area contributed by atoms with E-state index in [1.807, 2.05) is 0 Å². The zero-order chi connectivity index (χ0) is 7.78. The van der Waals surface area contributed by atoms with E-state index in [1.54, 1.807) is 0 Å². The van der Waals surface area contributed by atoms with Crippen molar-refractivity contribution in [1.82, 2.24) is 0 Å². The van der Waals surface area contributed by atoms with Gasteiger partial charge in [0, 0.05) is 5.33 Å². The second kappa shape index (κ2) is 2.84. The molecular weight excluding hydrogens is 188 g/mol. The maximum absolute atomic E-state index is 3.59. The lowest BCUT2D eigenvalue weighted by molar-refractivity contribution is 0.239. The fourth-order valence-electron chi connectivity index (χ4n) is 1.56. The predicted molar refractivity (Wildman–Crippen MR) is 49.5 cm³/mol. The lowest BCUT2D eigenvalue weighted by atomic mass is 9.79. The first-order valence-electron chi connectivity index (χ1n) is 4.11. The van der Waals surface area contributed by atoms with Crippen molar-refractivity contribution in [2.45, 2.75) is 33.6 Å².